The van der Waals surface area contributed by atoms with Gasteiger partial charge in [-0.15, -0.1) is 0 Å². The zero-order valence-corrected chi connectivity index (χ0v) is 19.1. The lowest BCUT2D eigenvalue weighted by Gasteiger charge is -2.52. The first-order valence-corrected chi connectivity index (χ1v) is 12.0. The Bertz CT molecular complexity index is 923. The molecule has 2 aliphatic heterocycles. The van der Waals surface area contributed by atoms with Crippen LogP contribution in [-0.4, -0.2) is 47.8 Å². The van der Waals surface area contributed by atoms with E-state index in [1.54, 1.807) is 0 Å². The van der Waals surface area contributed by atoms with Gasteiger partial charge in [-0.25, -0.2) is 0 Å². The standard InChI is InChI=1S/C26H32ClNO3/c1-16-4-3-5-19-14-22-23(24(29)26(16,19)2)21(25(30)31-22)15-28-12-10-18(11-13-28)17-6-8-20(27)9-7-17/h5-10,16,21-24,29H,3-4,11-15H2,1-2H3/t16-,21+,22+,23-,24+,26+/m0/s1. The third-order valence-electron chi connectivity index (χ3n) is 8.53. The number of carbonyl (C=O) groups is 1. The van der Waals surface area contributed by atoms with E-state index in [0.29, 0.717) is 12.5 Å². The molecule has 0 aromatic heterocycles. The second kappa shape index (κ2) is 8.06. The molecule has 0 unspecified atom stereocenters. The molecule has 2 heterocycles. The Hall–Kier alpha value is -1.62. The van der Waals surface area contributed by atoms with Crippen molar-refractivity contribution >= 4 is 23.1 Å². The van der Waals surface area contributed by atoms with E-state index in [1.807, 2.05) is 12.1 Å². The number of rotatable bonds is 3. The van der Waals surface area contributed by atoms with Crippen LogP contribution in [0.5, 0.6) is 0 Å². The van der Waals surface area contributed by atoms with Crippen molar-refractivity contribution in [2.24, 2.45) is 23.2 Å². The summed E-state index contributed by atoms with van der Waals surface area (Å²) in [7, 11) is 0. The lowest BCUT2D eigenvalue weighted by Crippen LogP contribution is -2.54. The number of carbonyl (C=O) groups excluding carboxylic acids is 1. The molecule has 0 radical (unpaired) electrons. The molecular weight excluding hydrogens is 410 g/mol. The number of ether oxygens (including phenoxy) is 1. The molecule has 31 heavy (non-hydrogen) atoms. The minimum absolute atomic E-state index is 0.114. The highest BCUT2D eigenvalue weighted by atomic mass is 35.5. The van der Waals surface area contributed by atoms with E-state index < -0.39 is 6.10 Å². The van der Waals surface area contributed by atoms with Gasteiger partial charge in [0.1, 0.15) is 6.10 Å². The first-order valence-electron chi connectivity index (χ1n) is 11.6. The Labute approximate surface area is 189 Å². The van der Waals surface area contributed by atoms with Crippen molar-refractivity contribution in [3.8, 4) is 0 Å². The fourth-order valence-electron chi connectivity index (χ4n) is 6.36. The topological polar surface area (TPSA) is 49.8 Å². The van der Waals surface area contributed by atoms with E-state index >= 15 is 0 Å². The molecule has 5 rings (SSSR count). The van der Waals surface area contributed by atoms with Crippen molar-refractivity contribution in [2.45, 2.75) is 51.7 Å². The molecule has 0 amide bonds. The maximum Gasteiger partial charge on any atom is 0.311 e. The van der Waals surface area contributed by atoms with Crippen molar-refractivity contribution in [2.75, 3.05) is 19.6 Å². The second-order valence-corrected chi connectivity index (χ2v) is 10.5. The van der Waals surface area contributed by atoms with E-state index in [2.05, 4.69) is 43.0 Å². The van der Waals surface area contributed by atoms with Crippen molar-refractivity contribution in [1.29, 1.82) is 0 Å². The Kier molecular flexibility index (Phi) is 5.52. The van der Waals surface area contributed by atoms with Gasteiger partial charge in [0, 0.05) is 42.4 Å². The Morgan fingerprint density at radius 1 is 1.26 bits per heavy atom. The van der Waals surface area contributed by atoms with Gasteiger partial charge in [-0.05, 0) is 48.4 Å². The largest absolute Gasteiger partial charge is 0.461 e. The minimum atomic E-state index is -0.533. The van der Waals surface area contributed by atoms with Crippen molar-refractivity contribution in [1.82, 2.24) is 4.90 Å². The highest BCUT2D eigenvalue weighted by Crippen LogP contribution is 2.56. The van der Waals surface area contributed by atoms with Crippen LogP contribution in [0.4, 0.5) is 0 Å². The fourth-order valence-corrected chi connectivity index (χ4v) is 6.48. The van der Waals surface area contributed by atoms with Gasteiger partial charge in [-0.3, -0.25) is 9.69 Å². The summed E-state index contributed by atoms with van der Waals surface area (Å²) in [5, 5.41) is 12.3. The smallest absolute Gasteiger partial charge is 0.311 e. The van der Waals surface area contributed by atoms with E-state index in [-0.39, 0.29) is 29.3 Å². The van der Waals surface area contributed by atoms with Gasteiger partial charge >= 0.3 is 5.97 Å². The van der Waals surface area contributed by atoms with E-state index in [1.165, 1.54) is 16.7 Å². The monoisotopic (exact) mass is 441 g/mol. The van der Waals surface area contributed by atoms with Gasteiger partial charge in [0.15, 0.2) is 0 Å². The Morgan fingerprint density at radius 2 is 2.03 bits per heavy atom. The van der Waals surface area contributed by atoms with Gasteiger partial charge in [-0.1, -0.05) is 55.3 Å². The SMILES string of the molecule is C[C@H]1CCC=C2C[C@H]3OC(=O)[C@H](CN4CC=C(c5ccc(Cl)cc5)CC4)[C@@H]3[C@@H](O)[C@@]21C. The molecule has 6 atom stereocenters. The van der Waals surface area contributed by atoms with E-state index in [0.717, 1.165) is 43.8 Å². The average molecular weight is 442 g/mol. The van der Waals surface area contributed by atoms with Crippen molar-refractivity contribution in [3.05, 3.63) is 52.6 Å². The summed E-state index contributed by atoms with van der Waals surface area (Å²) in [6.07, 6.45) is 7.72. The molecular formula is C26H32ClNO3. The average Bonchev–Trinajstić information content (AvgIpc) is 3.07. The number of halogens is 1. The number of fused-ring (bicyclic) bond motifs is 2. The summed E-state index contributed by atoms with van der Waals surface area (Å²) < 4.78 is 5.83. The molecule has 166 valence electrons. The molecule has 0 spiro atoms. The van der Waals surface area contributed by atoms with Gasteiger partial charge in [0.2, 0.25) is 0 Å². The van der Waals surface area contributed by atoms with Crippen LogP contribution in [0, 0.1) is 23.2 Å². The molecule has 1 saturated heterocycles. The van der Waals surface area contributed by atoms with Crippen LogP contribution >= 0.6 is 11.6 Å². The molecule has 0 bridgehead atoms. The number of esters is 1. The molecule has 1 saturated carbocycles. The van der Waals surface area contributed by atoms with Crippen LogP contribution in [0.2, 0.25) is 5.02 Å². The minimum Gasteiger partial charge on any atom is -0.461 e. The number of hydrogen-bond donors (Lipinski definition) is 1. The summed E-state index contributed by atoms with van der Waals surface area (Å²) in [4.78, 5) is 15.2. The van der Waals surface area contributed by atoms with Crippen LogP contribution in [0.1, 0.15) is 45.1 Å². The first kappa shape index (κ1) is 21.2. The number of aliphatic hydroxyl groups excluding tert-OH is 1. The lowest BCUT2D eigenvalue weighted by molar-refractivity contribution is -0.145. The normalized spacial score (nSPS) is 38.1. The molecule has 1 aromatic carbocycles. The summed E-state index contributed by atoms with van der Waals surface area (Å²) >= 11 is 6.02. The van der Waals surface area contributed by atoms with Crippen LogP contribution in [-0.2, 0) is 9.53 Å². The molecule has 5 heteroatoms. The summed E-state index contributed by atoms with van der Waals surface area (Å²) in [5.74, 6) is -0.0773. The number of hydrogen-bond acceptors (Lipinski definition) is 4. The first-order chi connectivity index (χ1) is 14.9. The van der Waals surface area contributed by atoms with Crippen LogP contribution in [0.3, 0.4) is 0 Å². The number of nitrogens with zero attached hydrogens (tertiary/aromatic N) is 1. The van der Waals surface area contributed by atoms with Crippen LogP contribution in [0.15, 0.2) is 42.0 Å². The summed E-state index contributed by atoms with van der Waals surface area (Å²) in [5.41, 5.74) is 3.60. The van der Waals surface area contributed by atoms with Gasteiger partial charge in [0.05, 0.1) is 12.0 Å². The predicted octanol–water partition coefficient (Wildman–Crippen LogP) is 4.71. The zero-order valence-electron chi connectivity index (χ0n) is 18.4. The maximum absolute atomic E-state index is 12.9. The number of benzene rings is 1. The Balaban J connectivity index is 1.31. The van der Waals surface area contributed by atoms with Crippen molar-refractivity contribution < 1.29 is 14.6 Å². The number of allylic oxidation sites excluding steroid dienone is 1. The van der Waals surface area contributed by atoms with Gasteiger partial charge < -0.3 is 9.84 Å². The van der Waals surface area contributed by atoms with Crippen LogP contribution < -0.4 is 0 Å². The molecule has 1 aromatic rings. The van der Waals surface area contributed by atoms with E-state index in [9.17, 15) is 9.90 Å². The highest BCUT2D eigenvalue weighted by molar-refractivity contribution is 6.30. The maximum atomic E-state index is 12.9. The molecule has 1 N–H and O–H groups in total. The van der Waals surface area contributed by atoms with Gasteiger partial charge in [-0.2, -0.15) is 0 Å². The lowest BCUT2D eigenvalue weighted by atomic mass is 9.55. The Morgan fingerprint density at radius 3 is 2.74 bits per heavy atom. The predicted molar refractivity (Wildman–Crippen MR) is 123 cm³/mol. The van der Waals surface area contributed by atoms with Crippen molar-refractivity contribution in [3.63, 3.8) is 0 Å². The molecule has 4 aliphatic rings. The van der Waals surface area contributed by atoms with Gasteiger partial charge in [0.25, 0.3) is 0 Å². The zero-order chi connectivity index (χ0) is 21.8. The summed E-state index contributed by atoms with van der Waals surface area (Å²) in [6, 6.07) is 7.99. The van der Waals surface area contributed by atoms with Crippen LogP contribution in [0.25, 0.3) is 5.57 Å². The third-order valence-corrected chi connectivity index (χ3v) is 8.79. The molecule has 4 nitrogen and oxygen atoms in total. The summed E-state index contributed by atoms with van der Waals surface area (Å²) in [6.45, 7) is 6.83. The number of aliphatic hydroxyl groups is 1. The highest BCUT2D eigenvalue weighted by Gasteiger charge is 2.59. The fraction of sp³-hybridized carbons (Fsp3) is 0.577. The third kappa shape index (κ3) is 3.57. The molecule has 2 fully saturated rings. The second-order valence-electron chi connectivity index (χ2n) is 10.0. The van der Waals surface area contributed by atoms with E-state index in [4.69, 9.17) is 16.3 Å². The quantitative estimate of drug-likeness (QED) is 0.545. The molecule has 2 aliphatic carbocycles.